The highest BCUT2D eigenvalue weighted by atomic mass is 16.6. The van der Waals surface area contributed by atoms with Crippen LogP contribution in [0.3, 0.4) is 0 Å². The minimum Gasteiger partial charge on any atom is -0.457 e. The third kappa shape index (κ3) is 5.61. The molecule has 0 spiro atoms. The van der Waals surface area contributed by atoms with Crippen molar-refractivity contribution in [3.05, 3.63) is 71.8 Å². The summed E-state index contributed by atoms with van der Waals surface area (Å²) in [5.41, 5.74) is 2.34. The van der Waals surface area contributed by atoms with Crippen molar-refractivity contribution in [2.45, 2.75) is 27.7 Å². The molecule has 0 amide bonds. The highest BCUT2D eigenvalue weighted by molar-refractivity contribution is 5.74. The zero-order chi connectivity index (χ0) is 21.7. The smallest absolute Gasteiger partial charge is 0.308 e. The fourth-order valence-electron chi connectivity index (χ4n) is 2.68. The van der Waals surface area contributed by atoms with Crippen LogP contribution in [0.1, 0.15) is 25.0 Å². The highest BCUT2D eigenvalue weighted by Gasteiger charge is 2.12. The first-order valence-electron chi connectivity index (χ1n) is 9.34. The van der Waals surface area contributed by atoms with Crippen LogP contribution in [0.25, 0.3) is 0 Å². The van der Waals surface area contributed by atoms with Crippen LogP contribution in [0.2, 0.25) is 0 Å². The quantitative estimate of drug-likeness (QED) is 0.384. The van der Waals surface area contributed by atoms with E-state index in [0.29, 0.717) is 17.2 Å². The fraction of sp³-hybridized carbons (Fsp3) is 0.167. The van der Waals surface area contributed by atoms with Crippen molar-refractivity contribution in [3.8, 4) is 34.5 Å². The van der Waals surface area contributed by atoms with Crippen LogP contribution in [0, 0.1) is 13.8 Å². The van der Waals surface area contributed by atoms with E-state index in [-0.39, 0.29) is 11.5 Å². The summed E-state index contributed by atoms with van der Waals surface area (Å²) >= 11 is 0. The molecule has 0 aliphatic carbocycles. The van der Waals surface area contributed by atoms with Gasteiger partial charge in [0.05, 0.1) is 0 Å². The van der Waals surface area contributed by atoms with Gasteiger partial charge in [-0.25, -0.2) is 0 Å². The van der Waals surface area contributed by atoms with Gasteiger partial charge in [-0.15, -0.1) is 0 Å². The summed E-state index contributed by atoms with van der Waals surface area (Å²) in [5.74, 6) is 1.47. The molecule has 0 unspecified atom stereocenters. The van der Waals surface area contributed by atoms with Crippen molar-refractivity contribution in [1.29, 1.82) is 0 Å². The first-order chi connectivity index (χ1) is 14.3. The van der Waals surface area contributed by atoms with Crippen molar-refractivity contribution in [3.63, 3.8) is 0 Å². The topological polar surface area (TPSA) is 71.1 Å². The van der Waals surface area contributed by atoms with Crippen LogP contribution < -0.4 is 18.9 Å². The van der Waals surface area contributed by atoms with Gasteiger partial charge in [0.2, 0.25) is 0 Å². The van der Waals surface area contributed by atoms with Gasteiger partial charge in [0.15, 0.2) is 11.5 Å². The predicted octanol–water partition coefficient (Wildman–Crippen LogP) is 5.74. The normalized spacial score (nSPS) is 10.3. The van der Waals surface area contributed by atoms with Crippen LogP contribution in [-0.4, -0.2) is 11.9 Å². The molecule has 0 saturated carbocycles. The Morgan fingerprint density at radius 2 is 1.13 bits per heavy atom. The molecule has 0 bridgehead atoms. The summed E-state index contributed by atoms with van der Waals surface area (Å²) in [5, 5.41) is 0. The molecule has 30 heavy (non-hydrogen) atoms. The lowest BCUT2D eigenvalue weighted by Crippen LogP contribution is -2.07. The molecule has 0 N–H and O–H groups in total. The largest absolute Gasteiger partial charge is 0.457 e. The van der Waals surface area contributed by atoms with Crippen LogP contribution in [0.5, 0.6) is 34.5 Å². The van der Waals surface area contributed by atoms with Crippen molar-refractivity contribution >= 4 is 11.9 Å². The molecule has 6 heteroatoms. The van der Waals surface area contributed by atoms with E-state index >= 15 is 0 Å². The number of carbonyl (C=O) groups excluding carboxylic acids is 2. The lowest BCUT2D eigenvalue weighted by molar-refractivity contribution is -0.134. The average Bonchev–Trinajstić information content (AvgIpc) is 2.66. The minimum absolute atomic E-state index is 0.0951. The zero-order valence-electron chi connectivity index (χ0n) is 17.2. The standard InChI is InChI=1S/C24H22O6/c1-15-8-9-21(12-16(15)2)29-19-6-5-7-20(13-19)30-22-10-11-23(27-17(3)25)24(14-22)28-18(4)26/h5-14H,1-4H3. The Labute approximate surface area is 175 Å². The van der Waals surface area contributed by atoms with Crippen LogP contribution in [-0.2, 0) is 9.59 Å². The number of aryl methyl sites for hydroxylation is 2. The van der Waals surface area contributed by atoms with Crippen molar-refractivity contribution < 1.29 is 28.5 Å². The van der Waals surface area contributed by atoms with Crippen molar-refractivity contribution in [2.75, 3.05) is 0 Å². The monoisotopic (exact) mass is 406 g/mol. The second-order valence-corrected chi connectivity index (χ2v) is 6.72. The van der Waals surface area contributed by atoms with Gasteiger partial charge in [-0.2, -0.15) is 0 Å². The van der Waals surface area contributed by atoms with E-state index in [9.17, 15) is 9.59 Å². The molecular formula is C24H22O6. The number of ether oxygens (including phenoxy) is 4. The van der Waals surface area contributed by atoms with Gasteiger partial charge in [-0.05, 0) is 61.4 Å². The Morgan fingerprint density at radius 3 is 1.73 bits per heavy atom. The Balaban J connectivity index is 1.80. The van der Waals surface area contributed by atoms with Gasteiger partial charge in [-0.3, -0.25) is 9.59 Å². The van der Waals surface area contributed by atoms with Crippen LogP contribution in [0.4, 0.5) is 0 Å². The molecule has 3 aromatic rings. The van der Waals surface area contributed by atoms with Gasteiger partial charge in [-0.1, -0.05) is 12.1 Å². The predicted molar refractivity (Wildman–Crippen MR) is 112 cm³/mol. The lowest BCUT2D eigenvalue weighted by Gasteiger charge is -2.12. The fourth-order valence-corrected chi connectivity index (χ4v) is 2.68. The van der Waals surface area contributed by atoms with Gasteiger partial charge >= 0.3 is 11.9 Å². The van der Waals surface area contributed by atoms with E-state index in [1.54, 1.807) is 18.2 Å². The van der Waals surface area contributed by atoms with Gasteiger partial charge in [0.1, 0.15) is 23.0 Å². The number of hydrogen-bond donors (Lipinski definition) is 0. The zero-order valence-corrected chi connectivity index (χ0v) is 17.2. The molecule has 0 heterocycles. The third-order valence-corrected chi connectivity index (χ3v) is 4.18. The van der Waals surface area contributed by atoms with Gasteiger partial charge in [0.25, 0.3) is 0 Å². The van der Waals surface area contributed by atoms with Crippen LogP contribution >= 0.6 is 0 Å². The number of benzene rings is 3. The van der Waals surface area contributed by atoms with Crippen molar-refractivity contribution in [1.82, 2.24) is 0 Å². The molecule has 3 aromatic carbocycles. The Kier molecular flexibility index (Phi) is 6.37. The Morgan fingerprint density at radius 1 is 0.600 bits per heavy atom. The van der Waals surface area contributed by atoms with E-state index in [2.05, 4.69) is 0 Å². The molecule has 3 rings (SSSR count). The van der Waals surface area contributed by atoms with E-state index < -0.39 is 11.9 Å². The first kappa shape index (κ1) is 20.9. The molecular weight excluding hydrogens is 384 g/mol. The van der Waals surface area contributed by atoms with Crippen LogP contribution in [0.15, 0.2) is 60.7 Å². The number of rotatable bonds is 6. The van der Waals surface area contributed by atoms with Gasteiger partial charge in [0, 0.05) is 26.0 Å². The second-order valence-electron chi connectivity index (χ2n) is 6.72. The number of hydrogen-bond acceptors (Lipinski definition) is 6. The maximum absolute atomic E-state index is 11.4. The lowest BCUT2D eigenvalue weighted by atomic mass is 10.1. The maximum Gasteiger partial charge on any atom is 0.308 e. The molecule has 0 aliphatic rings. The third-order valence-electron chi connectivity index (χ3n) is 4.18. The molecule has 154 valence electrons. The number of carbonyl (C=O) groups is 2. The first-order valence-corrected chi connectivity index (χ1v) is 9.34. The Hall–Kier alpha value is -3.80. The summed E-state index contributed by atoms with van der Waals surface area (Å²) < 4.78 is 22.0. The van der Waals surface area contributed by atoms with Gasteiger partial charge < -0.3 is 18.9 Å². The summed E-state index contributed by atoms with van der Waals surface area (Å²) in [4.78, 5) is 22.6. The van der Waals surface area contributed by atoms with E-state index in [1.807, 2.05) is 44.2 Å². The summed E-state index contributed by atoms with van der Waals surface area (Å²) in [6, 6.07) is 17.7. The average molecular weight is 406 g/mol. The summed E-state index contributed by atoms with van der Waals surface area (Å²) in [6.07, 6.45) is 0. The molecule has 0 atom stereocenters. The molecule has 0 saturated heterocycles. The molecule has 6 nitrogen and oxygen atoms in total. The highest BCUT2D eigenvalue weighted by Crippen LogP contribution is 2.35. The second kappa shape index (κ2) is 9.13. The van der Waals surface area contributed by atoms with E-state index in [0.717, 1.165) is 11.3 Å². The molecule has 0 radical (unpaired) electrons. The van der Waals surface area contributed by atoms with Crippen molar-refractivity contribution in [2.24, 2.45) is 0 Å². The molecule has 0 aromatic heterocycles. The van der Waals surface area contributed by atoms with E-state index in [4.69, 9.17) is 18.9 Å². The SMILES string of the molecule is CC(=O)Oc1ccc(Oc2cccc(Oc3ccc(C)c(C)c3)c2)cc1OC(C)=O. The summed E-state index contributed by atoms with van der Waals surface area (Å²) in [6.45, 7) is 6.61. The maximum atomic E-state index is 11.4. The molecule has 0 fully saturated rings. The summed E-state index contributed by atoms with van der Waals surface area (Å²) in [7, 11) is 0. The molecule has 0 aliphatic heterocycles. The number of esters is 2. The van der Waals surface area contributed by atoms with E-state index in [1.165, 1.54) is 31.5 Å². The minimum atomic E-state index is -0.538. The Bertz CT molecular complexity index is 1090.